The second-order valence-electron chi connectivity index (χ2n) is 0.192. The Balaban J connectivity index is -0.0000000122. The van der Waals surface area contributed by atoms with Crippen LogP contribution in [-0.2, 0) is 36.2 Å². The van der Waals surface area contributed by atoms with Crippen molar-refractivity contribution in [3.63, 3.8) is 0 Å². The molecule has 0 aromatic heterocycles. The molecule has 0 saturated heterocycles. The zero-order valence-corrected chi connectivity index (χ0v) is 9.83. The van der Waals surface area contributed by atoms with Gasteiger partial charge in [-0.25, -0.2) is 0 Å². The fourth-order valence-corrected chi connectivity index (χ4v) is 0. The first-order valence-corrected chi connectivity index (χ1v) is 5.38. The van der Waals surface area contributed by atoms with Gasteiger partial charge in [-0.15, -0.1) is 0 Å². The maximum atomic E-state index is 7.50. The normalized spacial score (nSPS) is 4.00. The molecule has 0 heterocycles. The van der Waals surface area contributed by atoms with Crippen LogP contribution < -0.4 is 0 Å². The van der Waals surface area contributed by atoms with Gasteiger partial charge >= 0.3 is 0 Å². The van der Waals surface area contributed by atoms with Gasteiger partial charge in [0, 0.05) is 17.1 Å². The Morgan fingerprint density at radius 3 is 0.615 bits per heavy atom. The van der Waals surface area contributed by atoms with Crippen molar-refractivity contribution in [2.45, 2.75) is 0 Å². The zero-order valence-electron chi connectivity index (χ0n) is 5.57. The van der Waals surface area contributed by atoms with Crippen LogP contribution in [0.4, 0.5) is 0 Å². The fourth-order valence-electron chi connectivity index (χ4n) is 0. The topological polar surface area (TPSA) is 68.3 Å². The summed E-state index contributed by atoms with van der Waals surface area (Å²) < 4.78 is 0. The Hall–Kier alpha value is 0.499. The van der Waals surface area contributed by atoms with Crippen molar-refractivity contribution in [2.24, 2.45) is 0 Å². The largest absolute Gasteiger partial charge is 0.281 e. The number of rotatable bonds is 0. The van der Waals surface area contributed by atoms with E-state index in [2.05, 4.69) is 27.2 Å². The van der Waals surface area contributed by atoms with Crippen LogP contribution in [0.25, 0.3) is 0 Å². The first-order valence-electron chi connectivity index (χ1n) is 1.32. The summed E-state index contributed by atoms with van der Waals surface area (Å²) in [6, 6.07) is 0. The predicted octanol–water partition coefficient (Wildman–Crippen LogP) is 1.34. The van der Waals surface area contributed by atoms with Crippen molar-refractivity contribution in [3.05, 3.63) is 0 Å². The summed E-state index contributed by atoms with van der Waals surface area (Å²) in [5.74, 6) is -1.20. The molecule has 0 spiro atoms. The Bertz CT molecular complexity index is 53.9. The van der Waals surface area contributed by atoms with Gasteiger partial charge < -0.3 is 0 Å². The van der Waals surface area contributed by atoms with Crippen molar-refractivity contribution in [2.75, 3.05) is 0 Å². The molecule has 8 radical (unpaired) electrons. The van der Waals surface area contributed by atoms with Gasteiger partial charge in [-0.05, 0) is 0 Å². The maximum absolute atomic E-state index is 7.50. The standard InChI is InChI=1S/4CO.Cl3P.Fe/c4*1-2;1-4(2)3;. The molecule has 0 unspecified atom stereocenters. The predicted molar refractivity (Wildman–Crippen MR) is 47.3 cm³/mol. The molecule has 4 nitrogen and oxygen atoms in total. The molecule has 0 bridgehead atoms. The molecular weight excluding hydrogens is 305 g/mol. The average Bonchev–Trinajstić information content (AvgIpc) is 2.16. The molecule has 0 fully saturated rings. The van der Waals surface area contributed by atoms with E-state index in [1.165, 1.54) is 0 Å². The van der Waals surface area contributed by atoms with Crippen LogP contribution >= 0.6 is 39.7 Å². The van der Waals surface area contributed by atoms with Crippen LogP contribution in [-0.4, -0.2) is 27.2 Å². The third-order valence-electron chi connectivity index (χ3n) is 0. The van der Waals surface area contributed by atoms with E-state index < -0.39 is 5.98 Å². The Kier molecular flexibility index (Phi) is 389. The van der Waals surface area contributed by atoms with Crippen molar-refractivity contribution in [1.82, 2.24) is 0 Å². The van der Waals surface area contributed by atoms with Gasteiger partial charge in [0.05, 0.1) is 0 Å². The van der Waals surface area contributed by atoms with E-state index in [4.69, 9.17) is 52.9 Å². The van der Waals surface area contributed by atoms with Gasteiger partial charge in [0.1, 0.15) is 0 Å². The molecule has 0 aromatic carbocycles. The van der Waals surface area contributed by atoms with Gasteiger partial charge in [-0.2, -0.15) is 0 Å². The molecule has 0 aliphatic heterocycles. The third-order valence-corrected chi connectivity index (χ3v) is 0. The van der Waals surface area contributed by atoms with Crippen LogP contribution in [0, 0.1) is 0 Å². The molecular formula is C4Cl3FeO4P. The minimum atomic E-state index is -1.20. The van der Waals surface area contributed by atoms with Crippen LogP contribution in [0.5, 0.6) is 0 Å². The number of carbonyl (C=O) groups excluding carboxylic acids is 4. The van der Waals surface area contributed by atoms with Gasteiger partial charge in [0.25, 0.3) is 27.2 Å². The maximum Gasteiger partial charge on any atom is 0.281 e. The van der Waals surface area contributed by atoms with Crippen molar-refractivity contribution >= 4 is 66.9 Å². The molecule has 74 valence electrons. The molecule has 13 heavy (non-hydrogen) atoms. The van der Waals surface area contributed by atoms with E-state index in [-0.39, 0.29) is 17.1 Å². The van der Waals surface area contributed by atoms with Crippen molar-refractivity contribution in [3.8, 4) is 0 Å². The minimum Gasteiger partial charge on any atom is -0.281 e. The second-order valence-corrected chi connectivity index (χ2v) is 5.17. The summed E-state index contributed by atoms with van der Waals surface area (Å²) in [6.45, 7) is 18.0. The minimum absolute atomic E-state index is 0. The van der Waals surface area contributed by atoms with Gasteiger partial charge in [-0.3, -0.25) is 19.2 Å². The van der Waals surface area contributed by atoms with Crippen LogP contribution in [0.2, 0.25) is 0 Å². The SMILES string of the molecule is ClP(Cl)Cl.[C]=O.[C]=O.[C]=O.[C]=O.[Fe]. The molecule has 9 heteroatoms. The van der Waals surface area contributed by atoms with Crippen molar-refractivity contribution in [1.29, 1.82) is 0 Å². The van der Waals surface area contributed by atoms with E-state index in [0.29, 0.717) is 0 Å². The first-order chi connectivity index (χ1) is 5.73. The summed E-state index contributed by atoms with van der Waals surface area (Å²) in [4.78, 5) is 30.0. The van der Waals surface area contributed by atoms with Gasteiger partial charge in [0.2, 0.25) is 0 Å². The van der Waals surface area contributed by atoms with E-state index in [9.17, 15) is 0 Å². The number of hydrogen-bond acceptors (Lipinski definition) is 4. The molecule has 0 atom stereocenters. The van der Waals surface area contributed by atoms with Crippen LogP contribution in [0.3, 0.4) is 0 Å². The van der Waals surface area contributed by atoms with E-state index in [1.807, 2.05) is 0 Å². The molecule has 0 aromatic rings. The van der Waals surface area contributed by atoms with E-state index >= 15 is 0 Å². The smallest absolute Gasteiger partial charge is 0.281 e. The van der Waals surface area contributed by atoms with Gasteiger partial charge in [-0.1, -0.05) is 33.7 Å². The first kappa shape index (κ1) is 37.5. The zero-order chi connectivity index (χ0) is 11.6. The summed E-state index contributed by atoms with van der Waals surface area (Å²) in [5.41, 5.74) is 0. The summed E-state index contributed by atoms with van der Waals surface area (Å²) in [5, 5.41) is 0. The van der Waals surface area contributed by atoms with Crippen LogP contribution in [0.1, 0.15) is 0 Å². The van der Waals surface area contributed by atoms with E-state index in [0.717, 1.165) is 0 Å². The summed E-state index contributed by atoms with van der Waals surface area (Å²) in [6.07, 6.45) is 0. The third kappa shape index (κ3) is 5520. The van der Waals surface area contributed by atoms with Crippen LogP contribution in [0.15, 0.2) is 0 Å². The molecule has 0 rings (SSSR count). The average molecular weight is 305 g/mol. The van der Waals surface area contributed by atoms with E-state index in [1.54, 1.807) is 0 Å². The fraction of sp³-hybridized carbons (Fsp3) is 0. The number of halogens is 3. The molecule has 0 aliphatic carbocycles. The molecule has 0 saturated carbocycles. The number of hydrogen-bond donors (Lipinski definition) is 0. The second kappa shape index (κ2) is 135. The van der Waals surface area contributed by atoms with Gasteiger partial charge in [0.15, 0.2) is 5.98 Å². The van der Waals surface area contributed by atoms with Crippen molar-refractivity contribution < 1.29 is 36.2 Å². The summed E-state index contributed by atoms with van der Waals surface area (Å²) >= 11 is 14.6. The summed E-state index contributed by atoms with van der Waals surface area (Å²) in [7, 11) is 0. The molecule has 0 N–H and O–H groups in total. The monoisotopic (exact) mass is 304 g/mol. The molecule has 0 amide bonds. The Labute approximate surface area is 103 Å². The Morgan fingerprint density at radius 2 is 0.615 bits per heavy atom. The molecule has 0 aliphatic rings. The Morgan fingerprint density at radius 1 is 0.615 bits per heavy atom. The quantitative estimate of drug-likeness (QED) is 0.500.